The molecular formula is C24H35N3O2. The van der Waals surface area contributed by atoms with Crippen molar-refractivity contribution in [2.45, 2.75) is 71.8 Å². The van der Waals surface area contributed by atoms with Gasteiger partial charge in [0.1, 0.15) is 17.3 Å². The summed E-state index contributed by atoms with van der Waals surface area (Å²) in [7, 11) is 1.68. The number of aromatic nitrogens is 2. The van der Waals surface area contributed by atoms with E-state index in [9.17, 15) is 4.79 Å². The molecule has 0 bridgehead atoms. The number of benzene rings is 1. The first-order chi connectivity index (χ1) is 14.2. The van der Waals surface area contributed by atoms with Crippen molar-refractivity contribution in [1.82, 2.24) is 14.9 Å². The van der Waals surface area contributed by atoms with Crippen molar-refractivity contribution in [3.05, 3.63) is 35.7 Å². The summed E-state index contributed by atoms with van der Waals surface area (Å²) in [5.41, 5.74) is 2.41. The van der Waals surface area contributed by atoms with Gasteiger partial charge in [-0.25, -0.2) is 4.98 Å². The number of para-hydroxylation sites is 1. The van der Waals surface area contributed by atoms with Crippen LogP contribution in [0.4, 0.5) is 0 Å². The predicted octanol–water partition coefficient (Wildman–Crippen LogP) is 5.37. The summed E-state index contributed by atoms with van der Waals surface area (Å²) < 4.78 is 7.81. The molecule has 0 aliphatic heterocycles. The van der Waals surface area contributed by atoms with Gasteiger partial charge in [-0.15, -0.1) is 0 Å². The standard InChI is InChI=1S/C24H35N3O2/c1-4-5-16-25-24(28)22-18(2)27(17-15-19-11-7-6-8-12-19)23(26-22)20-13-9-10-14-21(20)29-3/h9-10,13-14,19H,4-8,11-12,15-17H2,1-3H3,(H,25,28). The number of imidazole rings is 1. The number of methoxy groups -OCH3 is 1. The zero-order valence-corrected chi connectivity index (χ0v) is 18.2. The third-order valence-corrected chi connectivity index (χ3v) is 6.09. The SMILES string of the molecule is CCCCNC(=O)c1nc(-c2ccccc2OC)n(CCC2CCCCC2)c1C. The number of ether oxygens (including phenoxy) is 1. The average Bonchev–Trinajstić information content (AvgIpc) is 3.09. The lowest BCUT2D eigenvalue weighted by Crippen LogP contribution is -2.25. The van der Waals surface area contributed by atoms with Crippen LogP contribution < -0.4 is 10.1 Å². The summed E-state index contributed by atoms with van der Waals surface area (Å²) in [5, 5.41) is 3.02. The van der Waals surface area contributed by atoms with E-state index in [1.54, 1.807) is 7.11 Å². The van der Waals surface area contributed by atoms with Crippen molar-refractivity contribution in [2.24, 2.45) is 5.92 Å². The molecule has 1 fully saturated rings. The highest BCUT2D eigenvalue weighted by Crippen LogP contribution is 2.32. The average molecular weight is 398 g/mol. The highest BCUT2D eigenvalue weighted by molar-refractivity contribution is 5.94. The van der Waals surface area contributed by atoms with Gasteiger partial charge in [-0.3, -0.25) is 4.79 Å². The van der Waals surface area contributed by atoms with Gasteiger partial charge in [0, 0.05) is 18.8 Å². The molecule has 1 amide bonds. The zero-order chi connectivity index (χ0) is 20.6. The van der Waals surface area contributed by atoms with Gasteiger partial charge in [0.25, 0.3) is 5.91 Å². The summed E-state index contributed by atoms with van der Waals surface area (Å²) in [6.45, 7) is 5.71. The number of nitrogens with zero attached hydrogens (tertiary/aromatic N) is 2. The fraction of sp³-hybridized carbons (Fsp3) is 0.583. The number of hydrogen-bond donors (Lipinski definition) is 1. The van der Waals surface area contributed by atoms with Gasteiger partial charge in [-0.2, -0.15) is 0 Å². The Morgan fingerprint density at radius 3 is 2.72 bits per heavy atom. The van der Waals surface area contributed by atoms with Crippen molar-refractivity contribution in [3.8, 4) is 17.1 Å². The lowest BCUT2D eigenvalue weighted by Gasteiger charge is -2.22. The number of hydrogen-bond acceptors (Lipinski definition) is 3. The van der Waals surface area contributed by atoms with Crippen LogP contribution in [0.1, 0.15) is 74.5 Å². The lowest BCUT2D eigenvalue weighted by molar-refractivity contribution is 0.0948. The summed E-state index contributed by atoms with van der Waals surface area (Å²) in [4.78, 5) is 17.6. The molecule has 3 rings (SSSR count). The van der Waals surface area contributed by atoms with Crippen LogP contribution in [0.2, 0.25) is 0 Å². The first kappa shape index (κ1) is 21.4. The Balaban J connectivity index is 1.91. The van der Waals surface area contributed by atoms with E-state index < -0.39 is 0 Å². The number of unbranched alkanes of at least 4 members (excludes halogenated alkanes) is 1. The maximum Gasteiger partial charge on any atom is 0.271 e. The highest BCUT2D eigenvalue weighted by atomic mass is 16.5. The number of carbonyl (C=O) groups excluding carboxylic acids is 1. The molecule has 158 valence electrons. The monoisotopic (exact) mass is 397 g/mol. The van der Waals surface area contributed by atoms with Gasteiger partial charge in [-0.1, -0.05) is 57.6 Å². The van der Waals surface area contributed by atoms with Gasteiger partial charge in [0.2, 0.25) is 0 Å². The molecule has 0 atom stereocenters. The molecule has 29 heavy (non-hydrogen) atoms. The lowest BCUT2D eigenvalue weighted by atomic mass is 9.87. The zero-order valence-electron chi connectivity index (χ0n) is 18.2. The van der Waals surface area contributed by atoms with Gasteiger partial charge in [-0.05, 0) is 37.8 Å². The van der Waals surface area contributed by atoms with Crippen molar-refractivity contribution in [2.75, 3.05) is 13.7 Å². The predicted molar refractivity (Wildman–Crippen MR) is 117 cm³/mol. The topological polar surface area (TPSA) is 56.1 Å². The van der Waals surface area contributed by atoms with Crippen molar-refractivity contribution < 1.29 is 9.53 Å². The second-order valence-corrected chi connectivity index (χ2v) is 8.12. The summed E-state index contributed by atoms with van der Waals surface area (Å²) in [5.74, 6) is 2.31. The first-order valence-corrected chi connectivity index (χ1v) is 11.1. The molecule has 1 N–H and O–H groups in total. The van der Waals surface area contributed by atoms with Gasteiger partial charge in [0.15, 0.2) is 0 Å². The van der Waals surface area contributed by atoms with Crippen LogP contribution >= 0.6 is 0 Å². The van der Waals surface area contributed by atoms with Crippen LogP contribution in [0, 0.1) is 12.8 Å². The van der Waals surface area contributed by atoms with Crippen molar-refractivity contribution in [3.63, 3.8) is 0 Å². The molecule has 1 saturated carbocycles. The van der Waals surface area contributed by atoms with Gasteiger partial charge in [0.05, 0.1) is 12.7 Å². The Morgan fingerprint density at radius 2 is 2.00 bits per heavy atom. The summed E-state index contributed by atoms with van der Waals surface area (Å²) >= 11 is 0. The molecule has 1 aromatic carbocycles. The van der Waals surface area contributed by atoms with Crippen LogP contribution in [0.5, 0.6) is 5.75 Å². The Bertz CT molecular complexity index is 806. The fourth-order valence-electron chi connectivity index (χ4n) is 4.31. The normalized spacial score (nSPS) is 14.7. The van der Waals surface area contributed by atoms with E-state index in [1.807, 2.05) is 31.2 Å². The molecule has 1 aliphatic carbocycles. The molecule has 1 aromatic heterocycles. The third kappa shape index (κ3) is 5.20. The van der Waals surface area contributed by atoms with E-state index >= 15 is 0 Å². The molecule has 0 unspecified atom stereocenters. The maximum atomic E-state index is 12.8. The second kappa shape index (κ2) is 10.5. The Kier molecular flexibility index (Phi) is 7.73. The maximum absolute atomic E-state index is 12.8. The number of nitrogens with one attached hydrogen (secondary N) is 1. The molecule has 5 nitrogen and oxygen atoms in total. The van der Waals surface area contributed by atoms with Crippen LogP contribution in [0.25, 0.3) is 11.4 Å². The Morgan fingerprint density at radius 1 is 1.24 bits per heavy atom. The molecular weight excluding hydrogens is 362 g/mol. The van der Waals surface area contributed by atoms with Crippen molar-refractivity contribution >= 4 is 5.91 Å². The largest absolute Gasteiger partial charge is 0.496 e. The third-order valence-electron chi connectivity index (χ3n) is 6.09. The molecule has 1 aliphatic rings. The quantitative estimate of drug-likeness (QED) is 0.579. The van der Waals surface area contributed by atoms with Crippen LogP contribution in [0.3, 0.4) is 0 Å². The van der Waals surface area contributed by atoms with E-state index in [0.717, 1.165) is 54.6 Å². The number of amides is 1. The van der Waals surface area contributed by atoms with E-state index in [4.69, 9.17) is 9.72 Å². The molecule has 1 heterocycles. The molecule has 0 spiro atoms. The van der Waals surface area contributed by atoms with Crippen molar-refractivity contribution in [1.29, 1.82) is 0 Å². The second-order valence-electron chi connectivity index (χ2n) is 8.12. The van der Waals surface area contributed by atoms with E-state index in [0.29, 0.717) is 12.2 Å². The van der Waals surface area contributed by atoms with Crippen LogP contribution in [0.15, 0.2) is 24.3 Å². The molecule has 2 aromatic rings. The highest BCUT2D eigenvalue weighted by Gasteiger charge is 2.23. The smallest absolute Gasteiger partial charge is 0.271 e. The first-order valence-electron chi connectivity index (χ1n) is 11.1. The number of rotatable bonds is 9. The van der Waals surface area contributed by atoms with Gasteiger partial charge >= 0.3 is 0 Å². The minimum absolute atomic E-state index is 0.0801. The molecule has 0 radical (unpaired) electrons. The summed E-state index contributed by atoms with van der Waals surface area (Å²) in [6, 6.07) is 7.93. The number of carbonyl (C=O) groups is 1. The van der Waals surface area contributed by atoms with Crippen LogP contribution in [-0.4, -0.2) is 29.1 Å². The van der Waals surface area contributed by atoms with Gasteiger partial charge < -0.3 is 14.6 Å². The van der Waals surface area contributed by atoms with E-state index in [2.05, 4.69) is 16.8 Å². The minimum Gasteiger partial charge on any atom is -0.496 e. The minimum atomic E-state index is -0.0801. The fourth-order valence-corrected chi connectivity index (χ4v) is 4.31. The summed E-state index contributed by atoms with van der Waals surface area (Å²) in [6.07, 6.45) is 9.87. The molecule has 0 saturated heterocycles. The Hall–Kier alpha value is -2.30. The molecule has 5 heteroatoms. The van der Waals surface area contributed by atoms with E-state index in [1.165, 1.54) is 32.1 Å². The van der Waals surface area contributed by atoms with E-state index in [-0.39, 0.29) is 5.91 Å². The Labute approximate surface area is 174 Å². The van der Waals surface area contributed by atoms with Crippen LogP contribution in [-0.2, 0) is 6.54 Å².